The Balaban J connectivity index is 1.55. The molecule has 0 bridgehead atoms. The summed E-state index contributed by atoms with van der Waals surface area (Å²) in [5, 5.41) is 4.03. The van der Waals surface area contributed by atoms with E-state index in [2.05, 4.69) is 15.3 Å². The van der Waals surface area contributed by atoms with Crippen LogP contribution in [0, 0.1) is 6.92 Å². The number of hydrogen-bond donors (Lipinski definition) is 1. The Morgan fingerprint density at radius 3 is 2.72 bits per heavy atom. The van der Waals surface area contributed by atoms with Crippen molar-refractivity contribution in [1.82, 2.24) is 20.2 Å². The van der Waals surface area contributed by atoms with E-state index in [1.165, 1.54) is 11.3 Å². The largest absolute Gasteiger partial charge is 0.349 e. The Kier molecular flexibility index (Phi) is 5.43. The number of nitrogens with zero attached hydrogens (tertiary/aromatic N) is 3. The molecule has 0 saturated carbocycles. The summed E-state index contributed by atoms with van der Waals surface area (Å²) < 4.78 is 0. The van der Waals surface area contributed by atoms with Crippen molar-refractivity contribution in [2.45, 2.75) is 39.2 Å². The number of carbonyl (C=O) groups is 2. The van der Waals surface area contributed by atoms with Gasteiger partial charge in [-0.05, 0) is 38.3 Å². The van der Waals surface area contributed by atoms with E-state index in [1.54, 1.807) is 24.5 Å². The van der Waals surface area contributed by atoms with Crippen LogP contribution < -0.4 is 5.32 Å². The molecule has 0 radical (unpaired) electrons. The van der Waals surface area contributed by atoms with Crippen LogP contribution in [0.25, 0.3) is 0 Å². The van der Waals surface area contributed by atoms with Crippen molar-refractivity contribution in [3.63, 3.8) is 0 Å². The third kappa shape index (κ3) is 4.04. The molecule has 2 aromatic heterocycles. The van der Waals surface area contributed by atoms with Crippen LogP contribution in [0.15, 0.2) is 24.5 Å². The maximum atomic E-state index is 12.7. The number of pyridine rings is 1. The van der Waals surface area contributed by atoms with E-state index in [9.17, 15) is 9.59 Å². The van der Waals surface area contributed by atoms with Crippen molar-refractivity contribution >= 4 is 23.2 Å². The topological polar surface area (TPSA) is 75.2 Å². The molecule has 1 N–H and O–H groups in total. The van der Waals surface area contributed by atoms with Gasteiger partial charge in [-0.2, -0.15) is 0 Å². The van der Waals surface area contributed by atoms with E-state index >= 15 is 0 Å². The number of carbonyl (C=O) groups excluding carboxylic acids is 2. The number of piperidine rings is 1. The van der Waals surface area contributed by atoms with Crippen molar-refractivity contribution in [2.75, 3.05) is 13.1 Å². The lowest BCUT2D eigenvalue weighted by atomic mass is 10.0. The predicted molar refractivity (Wildman–Crippen MR) is 96.9 cm³/mol. The SMILES string of the molecule is CCc1nc(C)c(C(=O)N2CCC(NC(=O)c3cccnc3)CC2)s1. The molecule has 2 amide bonds. The predicted octanol–water partition coefficient (Wildman–Crippen LogP) is 2.44. The van der Waals surface area contributed by atoms with Crippen molar-refractivity contribution in [3.05, 3.63) is 45.7 Å². The zero-order valence-electron chi connectivity index (χ0n) is 14.5. The molecule has 0 atom stereocenters. The lowest BCUT2D eigenvalue weighted by molar-refractivity contribution is 0.0702. The fraction of sp³-hybridized carbons (Fsp3) is 0.444. The van der Waals surface area contributed by atoms with Gasteiger partial charge in [0.1, 0.15) is 4.88 Å². The minimum Gasteiger partial charge on any atom is -0.349 e. The van der Waals surface area contributed by atoms with Crippen molar-refractivity contribution in [3.8, 4) is 0 Å². The molecular formula is C18H22N4O2S. The average Bonchev–Trinajstić information content (AvgIpc) is 3.03. The molecule has 0 aromatic carbocycles. The quantitative estimate of drug-likeness (QED) is 0.911. The number of thiazole rings is 1. The smallest absolute Gasteiger partial charge is 0.265 e. The number of hydrogen-bond acceptors (Lipinski definition) is 5. The summed E-state index contributed by atoms with van der Waals surface area (Å²) in [5.74, 6) is -0.0458. The summed E-state index contributed by atoms with van der Waals surface area (Å²) in [7, 11) is 0. The molecule has 2 aromatic rings. The minimum atomic E-state index is -0.108. The molecule has 0 spiro atoms. The number of aryl methyl sites for hydroxylation is 2. The first kappa shape index (κ1) is 17.5. The van der Waals surface area contributed by atoms with Crippen LogP contribution in [0.3, 0.4) is 0 Å². The molecule has 6 nitrogen and oxygen atoms in total. The second-order valence-corrected chi connectivity index (χ2v) is 7.24. The average molecular weight is 358 g/mol. The number of aromatic nitrogens is 2. The molecule has 132 valence electrons. The van der Waals surface area contributed by atoms with Gasteiger partial charge >= 0.3 is 0 Å². The van der Waals surface area contributed by atoms with E-state index in [4.69, 9.17) is 0 Å². The van der Waals surface area contributed by atoms with Crippen LogP contribution in [0.2, 0.25) is 0 Å². The van der Waals surface area contributed by atoms with Gasteiger partial charge in [-0.1, -0.05) is 6.92 Å². The molecule has 25 heavy (non-hydrogen) atoms. The number of nitrogens with one attached hydrogen (secondary N) is 1. The summed E-state index contributed by atoms with van der Waals surface area (Å²) in [6.07, 6.45) is 5.58. The first-order chi connectivity index (χ1) is 12.1. The van der Waals surface area contributed by atoms with Crippen LogP contribution >= 0.6 is 11.3 Å². The van der Waals surface area contributed by atoms with E-state index in [-0.39, 0.29) is 17.9 Å². The van der Waals surface area contributed by atoms with Crippen LogP contribution in [0.1, 0.15) is 50.5 Å². The summed E-state index contributed by atoms with van der Waals surface area (Å²) in [4.78, 5) is 35.9. The summed E-state index contributed by atoms with van der Waals surface area (Å²) in [6, 6.07) is 3.59. The first-order valence-electron chi connectivity index (χ1n) is 8.55. The molecule has 7 heteroatoms. The van der Waals surface area contributed by atoms with Crippen molar-refractivity contribution in [1.29, 1.82) is 0 Å². The maximum Gasteiger partial charge on any atom is 0.265 e. The second-order valence-electron chi connectivity index (χ2n) is 6.16. The standard InChI is InChI=1S/C18H22N4O2S/c1-3-15-20-12(2)16(25-15)18(24)22-9-6-14(7-10-22)21-17(23)13-5-4-8-19-11-13/h4-5,8,11,14H,3,6-7,9-10H2,1-2H3,(H,21,23). The zero-order valence-corrected chi connectivity index (χ0v) is 15.3. The Morgan fingerprint density at radius 2 is 2.12 bits per heavy atom. The van der Waals surface area contributed by atoms with E-state index in [0.29, 0.717) is 18.7 Å². The molecule has 1 aliphatic rings. The Hall–Kier alpha value is -2.28. The molecule has 3 heterocycles. The fourth-order valence-electron chi connectivity index (χ4n) is 2.94. The van der Waals surface area contributed by atoms with E-state index < -0.39 is 0 Å². The highest BCUT2D eigenvalue weighted by Crippen LogP contribution is 2.22. The normalized spacial score (nSPS) is 15.2. The van der Waals surface area contributed by atoms with Gasteiger partial charge in [-0.3, -0.25) is 14.6 Å². The van der Waals surface area contributed by atoms with Crippen LogP contribution in [0.4, 0.5) is 0 Å². The van der Waals surface area contributed by atoms with Crippen LogP contribution in [-0.4, -0.2) is 45.8 Å². The van der Waals surface area contributed by atoms with E-state index in [1.807, 2.05) is 18.7 Å². The van der Waals surface area contributed by atoms with Crippen LogP contribution in [0.5, 0.6) is 0 Å². The fourth-order valence-corrected chi connectivity index (χ4v) is 3.91. The highest BCUT2D eigenvalue weighted by Gasteiger charge is 2.27. The summed E-state index contributed by atoms with van der Waals surface area (Å²) in [6.45, 7) is 5.23. The number of rotatable bonds is 4. The molecule has 0 aliphatic carbocycles. The highest BCUT2D eigenvalue weighted by atomic mass is 32.1. The lowest BCUT2D eigenvalue weighted by Crippen LogP contribution is -2.46. The van der Waals surface area contributed by atoms with Gasteiger partial charge < -0.3 is 10.2 Å². The molecule has 1 fully saturated rings. The second kappa shape index (κ2) is 7.74. The zero-order chi connectivity index (χ0) is 17.8. The van der Waals surface area contributed by atoms with Gasteiger partial charge in [0.15, 0.2) is 0 Å². The molecule has 3 rings (SSSR count). The summed E-state index contributed by atoms with van der Waals surface area (Å²) in [5.41, 5.74) is 1.38. The van der Waals surface area contributed by atoms with Gasteiger partial charge in [0.2, 0.25) is 0 Å². The molecule has 0 unspecified atom stereocenters. The summed E-state index contributed by atoms with van der Waals surface area (Å²) >= 11 is 1.49. The van der Waals surface area contributed by atoms with Gasteiger partial charge in [0.25, 0.3) is 11.8 Å². The van der Waals surface area contributed by atoms with Crippen molar-refractivity contribution in [2.24, 2.45) is 0 Å². The van der Waals surface area contributed by atoms with Gasteiger partial charge in [0, 0.05) is 31.5 Å². The highest BCUT2D eigenvalue weighted by molar-refractivity contribution is 7.13. The molecular weight excluding hydrogens is 336 g/mol. The van der Waals surface area contributed by atoms with Gasteiger partial charge in [0.05, 0.1) is 16.3 Å². The Labute approximate surface area is 151 Å². The first-order valence-corrected chi connectivity index (χ1v) is 9.36. The van der Waals surface area contributed by atoms with Gasteiger partial charge in [-0.25, -0.2) is 4.98 Å². The Bertz CT molecular complexity index is 752. The van der Waals surface area contributed by atoms with Gasteiger partial charge in [-0.15, -0.1) is 11.3 Å². The lowest BCUT2D eigenvalue weighted by Gasteiger charge is -2.32. The monoisotopic (exact) mass is 358 g/mol. The Morgan fingerprint density at radius 1 is 1.36 bits per heavy atom. The number of amides is 2. The van der Waals surface area contributed by atoms with Crippen molar-refractivity contribution < 1.29 is 9.59 Å². The van der Waals surface area contributed by atoms with Crippen LogP contribution in [-0.2, 0) is 6.42 Å². The molecule has 1 saturated heterocycles. The minimum absolute atomic E-state index is 0.0618. The third-order valence-electron chi connectivity index (χ3n) is 4.38. The third-order valence-corrected chi connectivity index (χ3v) is 5.67. The van der Waals surface area contributed by atoms with E-state index in [0.717, 1.165) is 34.8 Å². The maximum absolute atomic E-state index is 12.7. The molecule has 1 aliphatic heterocycles. The number of likely N-dealkylation sites (tertiary alicyclic amines) is 1.